The van der Waals surface area contributed by atoms with Crippen LogP contribution in [0, 0.1) is 0 Å². The summed E-state index contributed by atoms with van der Waals surface area (Å²) in [5, 5.41) is 3.53. The number of hydrogen-bond acceptors (Lipinski definition) is 3. The smallest absolute Gasteiger partial charge is 0.239 e. The zero-order chi connectivity index (χ0) is 12.3. The maximum Gasteiger partial charge on any atom is 0.239 e. The van der Waals surface area contributed by atoms with Crippen molar-refractivity contribution in [3.63, 3.8) is 0 Å². The molecule has 4 nitrogen and oxygen atoms in total. The molecule has 17 heavy (non-hydrogen) atoms. The van der Waals surface area contributed by atoms with Gasteiger partial charge in [0.25, 0.3) is 0 Å². The van der Waals surface area contributed by atoms with Gasteiger partial charge in [-0.3, -0.25) is 4.79 Å². The number of nitrogens with zero attached hydrogens (tertiary/aromatic N) is 1. The minimum absolute atomic E-state index is 0.0559. The van der Waals surface area contributed by atoms with E-state index in [1.807, 2.05) is 18.2 Å². The number of rotatable bonds is 2. The van der Waals surface area contributed by atoms with Gasteiger partial charge in [0.05, 0.1) is 6.54 Å². The number of carbonyl (C=O) groups is 1. The van der Waals surface area contributed by atoms with Crippen LogP contribution in [0.2, 0.25) is 5.02 Å². The molecule has 1 fully saturated rings. The number of halogens is 1. The second-order valence-corrected chi connectivity index (χ2v) is 4.54. The average Bonchev–Trinajstić information content (AvgIpc) is 2.53. The third-order valence-corrected chi connectivity index (χ3v) is 3.10. The van der Waals surface area contributed by atoms with Crippen molar-refractivity contribution in [2.45, 2.75) is 13.0 Å². The molecule has 1 amide bonds. The van der Waals surface area contributed by atoms with Gasteiger partial charge < -0.3 is 16.0 Å². The molecular weight excluding hydrogens is 238 g/mol. The molecule has 1 aliphatic rings. The Balaban J connectivity index is 2.28. The lowest BCUT2D eigenvalue weighted by molar-refractivity contribution is -0.119. The second kappa shape index (κ2) is 5.38. The molecule has 1 aliphatic heterocycles. The normalized spacial score (nSPS) is 16.6. The van der Waals surface area contributed by atoms with Crippen molar-refractivity contribution in [2.24, 2.45) is 5.73 Å². The highest BCUT2D eigenvalue weighted by atomic mass is 35.5. The quantitative estimate of drug-likeness (QED) is 0.831. The highest BCUT2D eigenvalue weighted by Crippen LogP contribution is 2.24. The molecule has 1 aromatic carbocycles. The lowest BCUT2D eigenvalue weighted by Gasteiger charge is -2.24. The summed E-state index contributed by atoms with van der Waals surface area (Å²) in [6.45, 7) is 2.40. The highest BCUT2D eigenvalue weighted by Gasteiger charge is 2.17. The zero-order valence-corrected chi connectivity index (χ0v) is 10.3. The fourth-order valence-electron chi connectivity index (χ4n) is 2.04. The molecule has 2 rings (SSSR count). The Hall–Kier alpha value is -1.26. The van der Waals surface area contributed by atoms with E-state index in [-0.39, 0.29) is 5.91 Å². The summed E-state index contributed by atoms with van der Waals surface area (Å²) in [7, 11) is 0. The first-order valence-electron chi connectivity index (χ1n) is 5.71. The molecule has 0 radical (unpaired) electrons. The predicted octanol–water partition coefficient (Wildman–Crippen LogP) is 1.12. The summed E-state index contributed by atoms with van der Waals surface area (Å²) in [6.07, 6.45) is 0.943. The van der Waals surface area contributed by atoms with Crippen LogP contribution in [-0.4, -0.2) is 25.5 Å². The first kappa shape index (κ1) is 12.2. The minimum atomic E-state index is 0.0559. The van der Waals surface area contributed by atoms with Gasteiger partial charge in [-0.25, -0.2) is 0 Å². The summed E-state index contributed by atoms with van der Waals surface area (Å²) in [6, 6.07) is 5.63. The van der Waals surface area contributed by atoms with Gasteiger partial charge in [0.2, 0.25) is 5.91 Å². The zero-order valence-electron chi connectivity index (χ0n) is 9.58. The van der Waals surface area contributed by atoms with Crippen LogP contribution in [0.5, 0.6) is 0 Å². The molecule has 0 aliphatic carbocycles. The van der Waals surface area contributed by atoms with Crippen LogP contribution in [-0.2, 0) is 11.3 Å². The molecule has 0 unspecified atom stereocenters. The standard InChI is InChI=1S/C12H16ClN3O/c13-10-2-3-11(9(6-10)7-14)16-5-1-4-15-12(17)8-16/h2-3,6H,1,4-5,7-8,14H2,(H,15,17). The second-order valence-electron chi connectivity index (χ2n) is 4.10. The van der Waals surface area contributed by atoms with Crippen molar-refractivity contribution in [3.05, 3.63) is 28.8 Å². The van der Waals surface area contributed by atoms with Crippen molar-refractivity contribution in [2.75, 3.05) is 24.5 Å². The maximum absolute atomic E-state index is 11.5. The maximum atomic E-state index is 11.5. The molecule has 0 bridgehead atoms. The van der Waals surface area contributed by atoms with Gasteiger partial charge in [0.1, 0.15) is 0 Å². The van der Waals surface area contributed by atoms with Gasteiger partial charge in [-0.05, 0) is 30.2 Å². The molecule has 1 aromatic rings. The Bertz CT molecular complexity index is 422. The third-order valence-electron chi connectivity index (χ3n) is 2.86. The van der Waals surface area contributed by atoms with Gasteiger partial charge in [0, 0.05) is 30.3 Å². The minimum Gasteiger partial charge on any atom is -0.362 e. The van der Waals surface area contributed by atoms with Gasteiger partial charge in [-0.15, -0.1) is 0 Å². The predicted molar refractivity (Wildman–Crippen MR) is 69.2 cm³/mol. The molecule has 0 atom stereocenters. The summed E-state index contributed by atoms with van der Waals surface area (Å²) in [4.78, 5) is 13.6. The molecule has 1 heterocycles. The van der Waals surface area contributed by atoms with Gasteiger partial charge >= 0.3 is 0 Å². The first-order valence-corrected chi connectivity index (χ1v) is 6.08. The third kappa shape index (κ3) is 2.90. The van der Waals surface area contributed by atoms with E-state index in [0.717, 1.165) is 30.8 Å². The van der Waals surface area contributed by atoms with Crippen LogP contribution < -0.4 is 16.0 Å². The van der Waals surface area contributed by atoms with Crippen LogP contribution in [0.25, 0.3) is 0 Å². The molecule has 0 spiro atoms. The number of anilines is 1. The Labute approximate surface area is 106 Å². The van der Waals surface area contributed by atoms with E-state index in [9.17, 15) is 4.79 Å². The lowest BCUT2D eigenvalue weighted by Crippen LogP contribution is -2.33. The van der Waals surface area contributed by atoms with E-state index in [1.165, 1.54) is 0 Å². The van der Waals surface area contributed by atoms with Crippen molar-refractivity contribution in [3.8, 4) is 0 Å². The van der Waals surface area contributed by atoms with Crippen LogP contribution >= 0.6 is 11.6 Å². The first-order chi connectivity index (χ1) is 8.20. The van der Waals surface area contributed by atoms with Gasteiger partial charge in [-0.1, -0.05) is 11.6 Å². The molecule has 3 N–H and O–H groups in total. The van der Waals surface area contributed by atoms with Crippen LogP contribution in [0.15, 0.2) is 18.2 Å². The summed E-state index contributed by atoms with van der Waals surface area (Å²) in [5.74, 6) is 0.0559. The van der Waals surface area contributed by atoms with Gasteiger partial charge in [-0.2, -0.15) is 0 Å². The summed E-state index contributed by atoms with van der Waals surface area (Å²) in [5.41, 5.74) is 7.70. The monoisotopic (exact) mass is 253 g/mol. The Morgan fingerprint density at radius 2 is 2.29 bits per heavy atom. The molecule has 5 heteroatoms. The van der Waals surface area contributed by atoms with Crippen molar-refractivity contribution in [1.82, 2.24) is 5.32 Å². The number of nitrogens with two attached hydrogens (primary N) is 1. The van der Waals surface area contributed by atoms with Crippen LogP contribution in [0.3, 0.4) is 0 Å². The topological polar surface area (TPSA) is 58.4 Å². The fraction of sp³-hybridized carbons (Fsp3) is 0.417. The van der Waals surface area contributed by atoms with E-state index < -0.39 is 0 Å². The summed E-state index contributed by atoms with van der Waals surface area (Å²) >= 11 is 5.94. The van der Waals surface area contributed by atoms with E-state index in [1.54, 1.807) is 0 Å². The largest absolute Gasteiger partial charge is 0.362 e. The van der Waals surface area contributed by atoms with E-state index in [0.29, 0.717) is 18.1 Å². The van der Waals surface area contributed by atoms with Crippen LogP contribution in [0.4, 0.5) is 5.69 Å². The number of nitrogens with one attached hydrogen (secondary N) is 1. The molecule has 1 saturated heterocycles. The van der Waals surface area contributed by atoms with Gasteiger partial charge in [0.15, 0.2) is 0 Å². The Kier molecular flexibility index (Phi) is 3.86. The van der Waals surface area contributed by atoms with Crippen LogP contribution in [0.1, 0.15) is 12.0 Å². The molecule has 92 valence electrons. The Morgan fingerprint density at radius 1 is 1.47 bits per heavy atom. The SMILES string of the molecule is NCc1cc(Cl)ccc1N1CCCNC(=O)C1. The molecule has 0 saturated carbocycles. The Morgan fingerprint density at radius 3 is 3.06 bits per heavy atom. The number of benzene rings is 1. The van der Waals surface area contributed by atoms with Crippen molar-refractivity contribution < 1.29 is 4.79 Å². The van der Waals surface area contributed by atoms with E-state index in [2.05, 4.69) is 10.2 Å². The lowest BCUT2D eigenvalue weighted by atomic mass is 10.1. The fourth-order valence-corrected chi connectivity index (χ4v) is 2.23. The van der Waals surface area contributed by atoms with Crippen molar-refractivity contribution >= 4 is 23.2 Å². The summed E-state index contributed by atoms with van der Waals surface area (Å²) < 4.78 is 0. The number of carbonyl (C=O) groups excluding carboxylic acids is 1. The molecular formula is C12H16ClN3O. The van der Waals surface area contributed by atoms with E-state index >= 15 is 0 Å². The highest BCUT2D eigenvalue weighted by molar-refractivity contribution is 6.30. The number of amides is 1. The molecule has 0 aromatic heterocycles. The van der Waals surface area contributed by atoms with Crippen molar-refractivity contribution in [1.29, 1.82) is 0 Å². The average molecular weight is 254 g/mol. The number of hydrogen-bond donors (Lipinski definition) is 2. The van der Waals surface area contributed by atoms with E-state index in [4.69, 9.17) is 17.3 Å².